The van der Waals surface area contributed by atoms with E-state index in [1.165, 1.54) is 0 Å². The van der Waals surface area contributed by atoms with Crippen LogP contribution in [0.4, 0.5) is 8.78 Å². The SMILES string of the molecule is Fc1cc(F)c(-n2cccc2)c(C2C=CC=C2)c1C1C=CC=C1. The molecule has 0 bridgehead atoms. The minimum absolute atomic E-state index is 0.130. The summed E-state index contributed by atoms with van der Waals surface area (Å²) < 4.78 is 31.0. The van der Waals surface area contributed by atoms with E-state index in [4.69, 9.17) is 0 Å². The standard InChI is InChI=1S/C20H15F2N/c21-16-13-17(22)20(23-11-5-6-12-23)19(15-9-3-4-10-15)18(16)14-7-1-2-8-14/h1-15H. The number of nitrogens with zero attached hydrogens (tertiary/aromatic N) is 1. The Labute approximate surface area is 133 Å². The molecule has 1 aromatic heterocycles. The second-order valence-electron chi connectivity index (χ2n) is 5.70. The van der Waals surface area contributed by atoms with Gasteiger partial charge in [-0.25, -0.2) is 8.78 Å². The van der Waals surface area contributed by atoms with E-state index in [2.05, 4.69) is 0 Å². The molecule has 0 atom stereocenters. The van der Waals surface area contributed by atoms with Gasteiger partial charge in [0.05, 0.1) is 5.69 Å². The summed E-state index contributed by atoms with van der Waals surface area (Å²) in [5, 5.41) is 0. The third-order valence-corrected chi connectivity index (χ3v) is 4.31. The zero-order valence-electron chi connectivity index (χ0n) is 12.4. The molecule has 0 saturated carbocycles. The van der Waals surface area contributed by atoms with Gasteiger partial charge in [-0.05, 0) is 17.7 Å². The van der Waals surface area contributed by atoms with Gasteiger partial charge >= 0.3 is 0 Å². The number of allylic oxidation sites excluding steroid dienone is 8. The molecule has 2 aliphatic rings. The van der Waals surface area contributed by atoms with Crippen LogP contribution in [0.5, 0.6) is 0 Å². The van der Waals surface area contributed by atoms with Crippen LogP contribution in [-0.2, 0) is 0 Å². The van der Waals surface area contributed by atoms with Crippen LogP contribution in [0.3, 0.4) is 0 Å². The molecule has 2 aliphatic carbocycles. The third-order valence-electron chi connectivity index (χ3n) is 4.31. The molecule has 0 unspecified atom stereocenters. The third kappa shape index (κ3) is 2.29. The van der Waals surface area contributed by atoms with E-state index in [9.17, 15) is 8.78 Å². The molecule has 2 aromatic rings. The first kappa shape index (κ1) is 13.9. The molecule has 0 fully saturated rings. The van der Waals surface area contributed by atoms with Crippen molar-refractivity contribution in [2.45, 2.75) is 11.8 Å². The maximum absolute atomic E-state index is 14.7. The van der Waals surface area contributed by atoms with Crippen molar-refractivity contribution >= 4 is 0 Å². The van der Waals surface area contributed by atoms with E-state index < -0.39 is 11.6 Å². The zero-order valence-corrected chi connectivity index (χ0v) is 12.4. The maximum atomic E-state index is 14.7. The Kier molecular flexibility index (Phi) is 3.34. The molecule has 1 nitrogen and oxygen atoms in total. The second kappa shape index (κ2) is 5.51. The summed E-state index contributed by atoms with van der Waals surface area (Å²) in [6.07, 6.45) is 19.0. The first-order valence-electron chi connectivity index (χ1n) is 7.61. The summed E-state index contributed by atoms with van der Waals surface area (Å²) in [5.41, 5.74) is 1.65. The molecule has 0 amide bonds. The van der Waals surface area contributed by atoms with Crippen molar-refractivity contribution in [3.05, 3.63) is 102 Å². The first-order valence-corrected chi connectivity index (χ1v) is 7.61. The minimum atomic E-state index is -0.544. The van der Waals surface area contributed by atoms with Crippen LogP contribution >= 0.6 is 0 Å². The van der Waals surface area contributed by atoms with E-state index in [0.29, 0.717) is 16.8 Å². The van der Waals surface area contributed by atoms with Crippen LogP contribution in [0, 0.1) is 11.6 Å². The highest BCUT2D eigenvalue weighted by Crippen LogP contribution is 2.40. The highest BCUT2D eigenvalue weighted by Gasteiger charge is 2.27. The van der Waals surface area contributed by atoms with Gasteiger partial charge in [0.25, 0.3) is 0 Å². The summed E-state index contributed by atoms with van der Waals surface area (Å²) in [7, 11) is 0. The molecular weight excluding hydrogens is 292 g/mol. The summed E-state index contributed by atoms with van der Waals surface area (Å²) in [4.78, 5) is 0. The normalized spacial score (nSPS) is 17.0. The lowest BCUT2D eigenvalue weighted by molar-refractivity contribution is 0.562. The second-order valence-corrected chi connectivity index (χ2v) is 5.70. The summed E-state index contributed by atoms with van der Waals surface area (Å²) in [5.74, 6) is -1.34. The van der Waals surface area contributed by atoms with E-state index in [1.807, 2.05) is 60.7 Å². The Hall–Kier alpha value is -2.68. The minimum Gasteiger partial charge on any atom is -0.321 e. The first-order chi connectivity index (χ1) is 11.3. The number of hydrogen-bond acceptors (Lipinski definition) is 0. The molecule has 114 valence electrons. The number of benzene rings is 1. The average Bonchev–Trinajstić information content (AvgIpc) is 3.29. The number of aromatic nitrogens is 1. The van der Waals surface area contributed by atoms with Crippen molar-refractivity contribution in [3.8, 4) is 5.69 Å². The van der Waals surface area contributed by atoms with Crippen molar-refractivity contribution < 1.29 is 8.78 Å². The van der Waals surface area contributed by atoms with Gasteiger partial charge < -0.3 is 4.57 Å². The van der Waals surface area contributed by atoms with Crippen LogP contribution < -0.4 is 0 Å². The summed E-state index contributed by atoms with van der Waals surface area (Å²) in [6, 6.07) is 4.67. The van der Waals surface area contributed by atoms with Crippen LogP contribution in [0.15, 0.2) is 79.2 Å². The van der Waals surface area contributed by atoms with Crippen LogP contribution in [0.1, 0.15) is 23.0 Å². The molecule has 3 heteroatoms. The average molecular weight is 307 g/mol. The van der Waals surface area contributed by atoms with Gasteiger partial charge in [-0.2, -0.15) is 0 Å². The number of halogens is 2. The van der Waals surface area contributed by atoms with E-state index in [1.54, 1.807) is 17.0 Å². The van der Waals surface area contributed by atoms with E-state index in [0.717, 1.165) is 6.07 Å². The largest absolute Gasteiger partial charge is 0.321 e. The van der Waals surface area contributed by atoms with Gasteiger partial charge in [-0.1, -0.05) is 48.6 Å². The predicted octanol–water partition coefficient (Wildman–Crippen LogP) is 5.17. The smallest absolute Gasteiger partial charge is 0.150 e. The van der Waals surface area contributed by atoms with Crippen molar-refractivity contribution in [1.29, 1.82) is 0 Å². The molecule has 1 aromatic carbocycles. The van der Waals surface area contributed by atoms with Crippen molar-refractivity contribution in [2.75, 3.05) is 0 Å². The monoisotopic (exact) mass is 307 g/mol. The topological polar surface area (TPSA) is 4.93 Å². The van der Waals surface area contributed by atoms with Gasteiger partial charge in [-0.15, -0.1) is 0 Å². The quantitative estimate of drug-likeness (QED) is 0.737. The van der Waals surface area contributed by atoms with Gasteiger partial charge in [0, 0.05) is 35.9 Å². The molecule has 0 aliphatic heterocycles. The van der Waals surface area contributed by atoms with Crippen molar-refractivity contribution in [1.82, 2.24) is 4.57 Å². The number of rotatable bonds is 3. The van der Waals surface area contributed by atoms with Gasteiger partial charge in [0.15, 0.2) is 0 Å². The fourth-order valence-electron chi connectivity index (χ4n) is 3.31. The van der Waals surface area contributed by atoms with Crippen molar-refractivity contribution in [2.24, 2.45) is 0 Å². The van der Waals surface area contributed by atoms with E-state index >= 15 is 0 Å². The molecule has 1 heterocycles. The zero-order chi connectivity index (χ0) is 15.8. The fraction of sp³-hybridized carbons (Fsp3) is 0.100. The summed E-state index contributed by atoms with van der Waals surface area (Å²) >= 11 is 0. The number of hydrogen-bond donors (Lipinski definition) is 0. The highest BCUT2D eigenvalue weighted by molar-refractivity contribution is 5.57. The van der Waals surface area contributed by atoms with Crippen molar-refractivity contribution in [3.63, 3.8) is 0 Å². The Morgan fingerprint density at radius 3 is 1.78 bits per heavy atom. The molecule has 0 N–H and O–H groups in total. The molecule has 0 spiro atoms. The van der Waals surface area contributed by atoms with E-state index in [-0.39, 0.29) is 11.8 Å². The summed E-state index contributed by atoms with van der Waals surface area (Å²) in [6.45, 7) is 0. The van der Waals surface area contributed by atoms with Crippen LogP contribution in [0.25, 0.3) is 5.69 Å². The molecular formula is C20H15F2N. The Morgan fingerprint density at radius 1 is 0.696 bits per heavy atom. The van der Waals surface area contributed by atoms with Gasteiger partial charge in [0.1, 0.15) is 11.6 Å². The highest BCUT2D eigenvalue weighted by atomic mass is 19.1. The lowest BCUT2D eigenvalue weighted by Crippen LogP contribution is -2.11. The maximum Gasteiger partial charge on any atom is 0.150 e. The Morgan fingerprint density at radius 2 is 1.22 bits per heavy atom. The van der Waals surface area contributed by atoms with Crippen LogP contribution in [0.2, 0.25) is 0 Å². The molecule has 4 rings (SSSR count). The van der Waals surface area contributed by atoms with Gasteiger partial charge in [0.2, 0.25) is 0 Å². The lowest BCUT2D eigenvalue weighted by Gasteiger charge is -2.22. The lowest BCUT2D eigenvalue weighted by atomic mass is 9.86. The Bertz CT molecular complexity index is 830. The molecule has 0 saturated heterocycles. The Balaban J connectivity index is 2.03. The molecule has 0 radical (unpaired) electrons. The fourth-order valence-corrected chi connectivity index (χ4v) is 3.31. The van der Waals surface area contributed by atoms with Gasteiger partial charge in [-0.3, -0.25) is 0 Å². The molecule has 23 heavy (non-hydrogen) atoms. The van der Waals surface area contributed by atoms with Crippen LogP contribution in [-0.4, -0.2) is 4.57 Å². The predicted molar refractivity (Wildman–Crippen MR) is 87.7 cm³/mol.